The average Bonchev–Trinajstić information content (AvgIpc) is 2.48. The van der Waals surface area contributed by atoms with Gasteiger partial charge in [0.25, 0.3) is 0 Å². The molecule has 2 rings (SSSR count). The van der Waals surface area contributed by atoms with Crippen LogP contribution in [0.1, 0.15) is 6.42 Å². The minimum absolute atomic E-state index is 0.0168. The van der Waals surface area contributed by atoms with Gasteiger partial charge in [-0.1, -0.05) is 22.0 Å². The van der Waals surface area contributed by atoms with Gasteiger partial charge in [0, 0.05) is 16.7 Å². The molecule has 2 N–H and O–H groups in total. The SMILES string of the molecule is N[C@@H]1CCN(c2cccc(Br)c2)C1=O. The van der Waals surface area contributed by atoms with E-state index in [9.17, 15) is 4.79 Å². The van der Waals surface area contributed by atoms with E-state index in [0.717, 1.165) is 23.1 Å². The van der Waals surface area contributed by atoms with Gasteiger partial charge in [-0.3, -0.25) is 4.79 Å². The molecule has 1 aliphatic heterocycles. The van der Waals surface area contributed by atoms with E-state index in [1.165, 1.54) is 0 Å². The van der Waals surface area contributed by atoms with Crippen LogP contribution < -0.4 is 10.6 Å². The number of halogens is 1. The van der Waals surface area contributed by atoms with Crippen molar-refractivity contribution < 1.29 is 4.79 Å². The van der Waals surface area contributed by atoms with E-state index >= 15 is 0 Å². The molecule has 1 atom stereocenters. The molecule has 0 aromatic heterocycles. The van der Waals surface area contributed by atoms with Gasteiger partial charge in [-0.15, -0.1) is 0 Å². The monoisotopic (exact) mass is 254 g/mol. The fourth-order valence-electron chi connectivity index (χ4n) is 1.60. The van der Waals surface area contributed by atoms with Crippen LogP contribution >= 0.6 is 15.9 Å². The summed E-state index contributed by atoms with van der Waals surface area (Å²) in [4.78, 5) is 13.3. The average molecular weight is 255 g/mol. The van der Waals surface area contributed by atoms with Gasteiger partial charge in [0.05, 0.1) is 6.04 Å². The fourth-order valence-corrected chi connectivity index (χ4v) is 1.99. The van der Waals surface area contributed by atoms with Crippen LogP contribution in [-0.2, 0) is 4.79 Å². The Labute approximate surface area is 91.0 Å². The summed E-state index contributed by atoms with van der Waals surface area (Å²) in [5.74, 6) is 0.0168. The third-order valence-electron chi connectivity index (χ3n) is 2.37. The number of carbonyl (C=O) groups is 1. The maximum atomic E-state index is 11.6. The normalized spacial score (nSPS) is 21.7. The number of nitrogens with two attached hydrogens (primary N) is 1. The van der Waals surface area contributed by atoms with Crippen molar-refractivity contribution in [1.82, 2.24) is 0 Å². The van der Waals surface area contributed by atoms with Gasteiger partial charge in [-0.05, 0) is 24.6 Å². The molecule has 74 valence electrons. The molecule has 0 bridgehead atoms. The molecule has 1 aliphatic rings. The van der Waals surface area contributed by atoms with Crippen LogP contribution in [0, 0.1) is 0 Å². The molecular formula is C10H11BrN2O. The lowest BCUT2D eigenvalue weighted by molar-refractivity contribution is -0.118. The van der Waals surface area contributed by atoms with Crippen LogP contribution in [0.25, 0.3) is 0 Å². The summed E-state index contributed by atoms with van der Waals surface area (Å²) < 4.78 is 0.975. The number of anilines is 1. The highest BCUT2D eigenvalue weighted by molar-refractivity contribution is 9.10. The van der Waals surface area contributed by atoms with Gasteiger partial charge in [0.1, 0.15) is 0 Å². The molecule has 3 nitrogen and oxygen atoms in total. The summed E-state index contributed by atoms with van der Waals surface area (Å²) in [5.41, 5.74) is 6.56. The summed E-state index contributed by atoms with van der Waals surface area (Å²) in [6.07, 6.45) is 0.741. The molecule has 0 aliphatic carbocycles. The Morgan fingerprint density at radius 2 is 2.29 bits per heavy atom. The van der Waals surface area contributed by atoms with Crippen molar-refractivity contribution in [3.8, 4) is 0 Å². The predicted molar refractivity (Wildman–Crippen MR) is 59.1 cm³/mol. The first kappa shape index (κ1) is 9.68. The van der Waals surface area contributed by atoms with E-state index in [0.29, 0.717) is 0 Å². The zero-order chi connectivity index (χ0) is 10.1. The number of rotatable bonds is 1. The summed E-state index contributed by atoms with van der Waals surface area (Å²) in [5, 5.41) is 0. The van der Waals surface area contributed by atoms with E-state index in [1.54, 1.807) is 4.90 Å². The number of benzene rings is 1. The Kier molecular flexibility index (Phi) is 2.56. The third kappa shape index (κ3) is 1.67. The van der Waals surface area contributed by atoms with Crippen LogP contribution in [0.2, 0.25) is 0 Å². The van der Waals surface area contributed by atoms with E-state index in [1.807, 2.05) is 24.3 Å². The van der Waals surface area contributed by atoms with E-state index in [4.69, 9.17) is 5.73 Å². The molecule has 1 heterocycles. The molecule has 1 amide bonds. The van der Waals surface area contributed by atoms with E-state index < -0.39 is 0 Å². The molecule has 14 heavy (non-hydrogen) atoms. The van der Waals surface area contributed by atoms with Crippen molar-refractivity contribution in [2.45, 2.75) is 12.5 Å². The maximum Gasteiger partial charge on any atom is 0.243 e. The van der Waals surface area contributed by atoms with Crippen molar-refractivity contribution >= 4 is 27.5 Å². The number of nitrogens with zero attached hydrogens (tertiary/aromatic N) is 1. The zero-order valence-electron chi connectivity index (χ0n) is 7.61. The van der Waals surface area contributed by atoms with Gasteiger partial charge in [-0.2, -0.15) is 0 Å². The van der Waals surface area contributed by atoms with E-state index in [2.05, 4.69) is 15.9 Å². The molecule has 0 saturated carbocycles. The molecule has 1 fully saturated rings. The topological polar surface area (TPSA) is 46.3 Å². The first-order valence-corrected chi connectivity index (χ1v) is 5.30. The Bertz CT molecular complexity index is 367. The Morgan fingerprint density at radius 3 is 2.86 bits per heavy atom. The van der Waals surface area contributed by atoms with Crippen molar-refractivity contribution in [3.63, 3.8) is 0 Å². The minimum atomic E-state index is -0.325. The second kappa shape index (κ2) is 3.71. The quantitative estimate of drug-likeness (QED) is 0.826. The molecule has 0 unspecified atom stereocenters. The highest BCUT2D eigenvalue weighted by Crippen LogP contribution is 2.23. The third-order valence-corrected chi connectivity index (χ3v) is 2.86. The van der Waals surface area contributed by atoms with Crippen LogP contribution in [0.5, 0.6) is 0 Å². The van der Waals surface area contributed by atoms with Gasteiger partial charge < -0.3 is 10.6 Å². The summed E-state index contributed by atoms with van der Waals surface area (Å²) in [7, 11) is 0. The molecule has 1 aromatic rings. The Morgan fingerprint density at radius 1 is 1.50 bits per heavy atom. The first-order valence-electron chi connectivity index (χ1n) is 4.51. The molecule has 1 saturated heterocycles. The summed E-state index contributed by atoms with van der Waals surface area (Å²) in [6, 6.07) is 7.37. The Balaban J connectivity index is 2.28. The fraction of sp³-hybridized carbons (Fsp3) is 0.300. The lowest BCUT2D eigenvalue weighted by Crippen LogP contribution is -2.33. The maximum absolute atomic E-state index is 11.6. The standard InChI is InChI=1S/C10H11BrN2O/c11-7-2-1-3-8(6-7)13-5-4-9(12)10(13)14/h1-3,6,9H,4-5,12H2/t9-/m1/s1. The summed E-state index contributed by atoms with van der Waals surface area (Å²) >= 11 is 3.38. The highest BCUT2D eigenvalue weighted by Gasteiger charge is 2.29. The van der Waals surface area contributed by atoms with E-state index in [-0.39, 0.29) is 11.9 Å². The Hall–Kier alpha value is -0.870. The van der Waals surface area contributed by atoms with Gasteiger partial charge in [0.2, 0.25) is 5.91 Å². The molecule has 1 aromatic carbocycles. The van der Waals surface area contributed by atoms with Crippen LogP contribution in [-0.4, -0.2) is 18.5 Å². The number of carbonyl (C=O) groups excluding carboxylic acids is 1. The van der Waals surface area contributed by atoms with Crippen molar-refractivity contribution in [2.75, 3.05) is 11.4 Å². The lowest BCUT2D eigenvalue weighted by Gasteiger charge is -2.16. The second-order valence-electron chi connectivity index (χ2n) is 3.36. The smallest absolute Gasteiger partial charge is 0.243 e. The predicted octanol–water partition coefficient (Wildman–Crippen LogP) is 1.51. The van der Waals surface area contributed by atoms with Crippen molar-refractivity contribution in [3.05, 3.63) is 28.7 Å². The largest absolute Gasteiger partial charge is 0.320 e. The molecule has 4 heteroatoms. The van der Waals surface area contributed by atoms with Crippen LogP contribution in [0.4, 0.5) is 5.69 Å². The van der Waals surface area contributed by atoms with Gasteiger partial charge >= 0.3 is 0 Å². The summed E-state index contributed by atoms with van der Waals surface area (Å²) in [6.45, 7) is 0.719. The number of hydrogen-bond donors (Lipinski definition) is 1. The number of hydrogen-bond acceptors (Lipinski definition) is 2. The van der Waals surface area contributed by atoms with Gasteiger partial charge in [0.15, 0.2) is 0 Å². The minimum Gasteiger partial charge on any atom is -0.320 e. The lowest BCUT2D eigenvalue weighted by atomic mass is 10.3. The van der Waals surface area contributed by atoms with Crippen molar-refractivity contribution in [1.29, 1.82) is 0 Å². The molecule has 0 spiro atoms. The van der Waals surface area contributed by atoms with Gasteiger partial charge in [-0.25, -0.2) is 0 Å². The van der Waals surface area contributed by atoms with Crippen molar-refractivity contribution in [2.24, 2.45) is 5.73 Å². The first-order chi connectivity index (χ1) is 6.68. The second-order valence-corrected chi connectivity index (χ2v) is 4.28. The number of amides is 1. The highest BCUT2D eigenvalue weighted by atomic mass is 79.9. The molecule has 0 radical (unpaired) electrons. The van der Waals surface area contributed by atoms with Crippen LogP contribution in [0.3, 0.4) is 0 Å². The van der Waals surface area contributed by atoms with Crippen LogP contribution in [0.15, 0.2) is 28.7 Å². The zero-order valence-corrected chi connectivity index (χ0v) is 9.20. The molecular weight excluding hydrogens is 244 g/mol.